The maximum Gasteiger partial charge on any atom is 0.409 e. The second-order valence-corrected chi connectivity index (χ2v) is 6.44. The molecule has 0 bridgehead atoms. The molecule has 0 aromatic heterocycles. The third kappa shape index (κ3) is 3.33. The average Bonchev–Trinajstić information content (AvgIpc) is 3.37. The topological polar surface area (TPSA) is 49.9 Å². The van der Waals surface area contributed by atoms with Gasteiger partial charge in [0, 0.05) is 32.1 Å². The summed E-state index contributed by atoms with van der Waals surface area (Å²) >= 11 is 0. The van der Waals surface area contributed by atoms with Gasteiger partial charge in [-0.05, 0) is 36.8 Å². The quantitative estimate of drug-likeness (QED) is 0.842. The lowest BCUT2D eigenvalue weighted by atomic mass is 10.0. The number of methoxy groups -OCH3 is 1. The number of carbonyl (C=O) groups is 2. The van der Waals surface area contributed by atoms with E-state index in [4.69, 9.17) is 4.74 Å². The molecule has 1 saturated carbocycles. The molecule has 1 aromatic rings. The van der Waals surface area contributed by atoms with Gasteiger partial charge in [0.25, 0.3) is 0 Å². The molecule has 1 heterocycles. The van der Waals surface area contributed by atoms with E-state index in [9.17, 15) is 9.59 Å². The summed E-state index contributed by atoms with van der Waals surface area (Å²) in [6.07, 6.45) is 1.45. The predicted molar refractivity (Wildman–Crippen MR) is 87.2 cm³/mol. The molecule has 2 fully saturated rings. The van der Waals surface area contributed by atoms with Gasteiger partial charge in [-0.3, -0.25) is 4.79 Å². The average molecular weight is 316 g/mol. The molecule has 0 unspecified atom stereocenters. The third-order valence-corrected chi connectivity index (χ3v) is 4.94. The van der Waals surface area contributed by atoms with Gasteiger partial charge in [0.15, 0.2) is 0 Å². The standard InChI is InChI=1S/C18H24N2O3/c1-13-6-3-4-7-14(13)15-12-16(15)17(21)19-8-5-9-20(11-10-19)18(22)23-2/h3-4,6-7,15-16H,5,8-12H2,1-2H3/t15-,16+/m1/s1. The van der Waals surface area contributed by atoms with Crippen LogP contribution in [0.25, 0.3) is 0 Å². The first kappa shape index (κ1) is 15.8. The molecule has 23 heavy (non-hydrogen) atoms. The van der Waals surface area contributed by atoms with Crippen LogP contribution in [0.5, 0.6) is 0 Å². The lowest BCUT2D eigenvalue weighted by Crippen LogP contribution is -2.38. The van der Waals surface area contributed by atoms with Crippen LogP contribution in [0.15, 0.2) is 24.3 Å². The number of ether oxygens (including phenoxy) is 1. The Labute approximate surface area is 137 Å². The van der Waals surface area contributed by atoms with Gasteiger partial charge in [0.05, 0.1) is 7.11 Å². The maximum atomic E-state index is 12.7. The Hall–Kier alpha value is -2.04. The van der Waals surface area contributed by atoms with Crippen molar-refractivity contribution in [2.75, 3.05) is 33.3 Å². The first-order chi connectivity index (χ1) is 11.1. The van der Waals surface area contributed by atoms with Gasteiger partial charge >= 0.3 is 6.09 Å². The fourth-order valence-corrected chi connectivity index (χ4v) is 3.50. The number of rotatable bonds is 2. The van der Waals surface area contributed by atoms with E-state index in [2.05, 4.69) is 19.1 Å². The SMILES string of the molecule is COC(=O)N1CCCN(C(=O)[C@H]2C[C@@H]2c2ccccc2C)CC1. The summed E-state index contributed by atoms with van der Waals surface area (Å²) in [5, 5.41) is 0. The number of carbonyl (C=O) groups excluding carboxylic acids is 2. The van der Waals surface area contributed by atoms with Crippen molar-refractivity contribution in [2.45, 2.75) is 25.7 Å². The fraction of sp³-hybridized carbons (Fsp3) is 0.556. The Bertz CT molecular complexity index is 602. The van der Waals surface area contributed by atoms with E-state index in [0.717, 1.165) is 19.4 Å². The molecule has 5 heteroatoms. The van der Waals surface area contributed by atoms with Crippen LogP contribution in [-0.4, -0.2) is 55.1 Å². The number of amides is 2. The summed E-state index contributed by atoms with van der Waals surface area (Å²) in [5.74, 6) is 0.717. The van der Waals surface area contributed by atoms with Crippen molar-refractivity contribution >= 4 is 12.0 Å². The van der Waals surface area contributed by atoms with E-state index in [0.29, 0.717) is 25.6 Å². The first-order valence-electron chi connectivity index (χ1n) is 8.29. The molecule has 0 radical (unpaired) electrons. The van der Waals surface area contributed by atoms with Gasteiger partial charge < -0.3 is 14.5 Å². The van der Waals surface area contributed by atoms with E-state index >= 15 is 0 Å². The summed E-state index contributed by atoms with van der Waals surface area (Å²) in [4.78, 5) is 28.0. The summed E-state index contributed by atoms with van der Waals surface area (Å²) in [6.45, 7) is 4.64. The zero-order valence-corrected chi connectivity index (χ0v) is 13.8. The second kappa shape index (κ2) is 6.60. The molecule has 2 amide bonds. The largest absolute Gasteiger partial charge is 0.453 e. The molecule has 2 aliphatic rings. The minimum absolute atomic E-state index is 0.112. The molecular weight excluding hydrogens is 292 g/mol. The molecule has 1 aromatic carbocycles. The zero-order chi connectivity index (χ0) is 16.4. The Kier molecular flexibility index (Phi) is 4.55. The van der Waals surface area contributed by atoms with Crippen LogP contribution in [0.2, 0.25) is 0 Å². The van der Waals surface area contributed by atoms with Crippen molar-refractivity contribution in [3.05, 3.63) is 35.4 Å². The van der Waals surface area contributed by atoms with Crippen molar-refractivity contribution in [2.24, 2.45) is 5.92 Å². The van der Waals surface area contributed by atoms with Gasteiger partial charge in [-0.25, -0.2) is 4.79 Å². The van der Waals surface area contributed by atoms with Crippen molar-refractivity contribution < 1.29 is 14.3 Å². The summed E-state index contributed by atoms with van der Waals surface area (Å²) in [5.41, 5.74) is 2.57. The van der Waals surface area contributed by atoms with E-state index in [1.54, 1.807) is 4.90 Å². The van der Waals surface area contributed by atoms with Crippen LogP contribution < -0.4 is 0 Å². The first-order valence-corrected chi connectivity index (χ1v) is 8.29. The highest BCUT2D eigenvalue weighted by atomic mass is 16.5. The normalized spacial score (nSPS) is 24.1. The number of hydrogen-bond acceptors (Lipinski definition) is 3. The smallest absolute Gasteiger partial charge is 0.409 e. The molecule has 0 N–H and O–H groups in total. The van der Waals surface area contributed by atoms with Gasteiger partial charge in [-0.1, -0.05) is 24.3 Å². The summed E-state index contributed by atoms with van der Waals surface area (Å²) in [7, 11) is 1.40. The van der Waals surface area contributed by atoms with Crippen molar-refractivity contribution in [3.8, 4) is 0 Å². The molecule has 2 atom stereocenters. The Morgan fingerprint density at radius 1 is 1.09 bits per heavy atom. The maximum absolute atomic E-state index is 12.7. The highest BCUT2D eigenvalue weighted by Gasteiger charge is 2.46. The van der Waals surface area contributed by atoms with Crippen LogP contribution in [0.3, 0.4) is 0 Å². The van der Waals surface area contributed by atoms with E-state index < -0.39 is 0 Å². The minimum atomic E-state index is -0.302. The molecule has 1 saturated heterocycles. The van der Waals surface area contributed by atoms with Gasteiger partial charge in [0.1, 0.15) is 0 Å². The molecule has 1 aliphatic carbocycles. The summed E-state index contributed by atoms with van der Waals surface area (Å²) in [6, 6.07) is 8.32. The Morgan fingerprint density at radius 2 is 1.78 bits per heavy atom. The van der Waals surface area contributed by atoms with Crippen molar-refractivity contribution in [1.29, 1.82) is 0 Å². The van der Waals surface area contributed by atoms with E-state index in [1.165, 1.54) is 18.2 Å². The van der Waals surface area contributed by atoms with Gasteiger partial charge in [-0.15, -0.1) is 0 Å². The van der Waals surface area contributed by atoms with Gasteiger partial charge in [-0.2, -0.15) is 0 Å². The second-order valence-electron chi connectivity index (χ2n) is 6.44. The van der Waals surface area contributed by atoms with Crippen LogP contribution >= 0.6 is 0 Å². The molecule has 1 aliphatic heterocycles. The highest BCUT2D eigenvalue weighted by molar-refractivity contribution is 5.83. The Balaban J connectivity index is 1.60. The highest BCUT2D eigenvalue weighted by Crippen LogP contribution is 2.49. The van der Waals surface area contributed by atoms with Crippen molar-refractivity contribution in [3.63, 3.8) is 0 Å². The number of benzene rings is 1. The lowest BCUT2D eigenvalue weighted by Gasteiger charge is -2.21. The molecule has 124 valence electrons. The molecule has 0 spiro atoms. The van der Waals surface area contributed by atoms with Crippen LogP contribution in [0.4, 0.5) is 4.79 Å². The number of nitrogens with zero attached hydrogens (tertiary/aromatic N) is 2. The van der Waals surface area contributed by atoms with Crippen LogP contribution in [0.1, 0.15) is 29.9 Å². The molecule has 3 rings (SSSR count). The monoisotopic (exact) mass is 316 g/mol. The summed E-state index contributed by atoms with van der Waals surface area (Å²) < 4.78 is 4.77. The van der Waals surface area contributed by atoms with Gasteiger partial charge in [0.2, 0.25) is 5.91 Å². The minimum Gasteiger partial charge on any atom is -0.453 e. The lowest BCUT2D eigenvalue weighted by molar-refractivity contribution is -0.132. The zero-order valence-electron chi connectivity index (χ0n) is 13.8. The third-order valence-electron chi connectivity index (χ3n) is 4.94. The van der Waals surface area contributed by atoms with E-state index in [-0.39, 0.29) is 17.9 Å². The van der Waals surface area contributed by atoms with Crippen LogP contribution in [-0.2, 0) is 9.53 Å². The number of aryl methyl sites for hydroxylation is 1. The number of hydrogen-bond donors (Lipinski definition) is 0. The van der Waals surface area contributed by atoms with E-state index in [1.807, 2.05) is 17.0 Å². The van der Waals surface area contributed by atoms with Crippen molar-refractivity contribution in [1.82, 2.24) is 9.80 Å². The fourth-order valence-electron chi connectivity index (χ4n) is 3.50. The predicted octanol–water partition coefficient (Wildman–Crippen LogP) is 2.40. The molecule has 5 nitrogen and oxygen atoms in total. The Morgan fingerprint density at radius 3 is 2.52 bits per heavy atom. The molecular formula is C18H24N2O3. The van der Waals surface area contributed by atoms with Crippen LogP contribution in [0, 0.1) is 12.8 Å².